The normalized spacial score (nSPS) is 10.4. The molecule has 0 bridgehead atoms. The summed E-state index contributed by atoms with van der Waals surface area (Å²) in [6.07, 6.45) is 2.91. The maximum atomic E-state index is 5.40. The molecular formula is C12H20N2O2. The molecule has 0 aliphatic heterocycles. The van der Waals surface area contributed by atoms with Gasteiger partial charge in [0.2, 0.25) is 0 Å². The molecule has 0 atom stereocenters. The number of hydrogen-bond donors (Lipinski definition) is 1. The Morgan fingerprint density at radius 2 is 2.25 bits per heavy atom. The first-order valence-corrected chi connectivity index (χ1v) is 5.62. The van der Waals surface area contributed by atoms with Gasteiger partial charge in [-0.15, -0.1) is 0 Å². The Kier molecular flexibility index (Phi) is 6.53. The van der Waals surface area contributed by atoms with Gasteiger partial charge in [-0.1, -0.05) is 6.92 Å². The minimum Gasteiger partial charge on any atom is -0.385 e. The van der Waals surface area contributed by atoms with Gasteiger partial charge in [0.15, 0.2) is 0 Å². The molecule has 0 amide bonds. The molecule has 1 aromatic heterocycles. The lowest BCUT2D eigenvalue weighted by Gasteiger charge is -2.07. The topological polar surface area (TPSA) is 43.4 Å². The Morgan fingerprint density at radius 1 is 1.38 bits per heavy atom. The SMILES string of the molecule is CCCNc1ccnc(COCCOC)c1. The van der Waals surface area contributed by atoms with Crippen LogP contribution in [-0.4, -0.2) is 31.9 Å². The van der Waals surface area contributed by atoms with E-state index in [1.54, 1.807) is 13.3 Å². The van der Waals surface area contributed by atoms with Crippen molar-refractivity contribution in [2.75, 3.05) is 32.2 Å². The van der Waals surface area contributed by atoms with E-state index in [2.05, 4.69) is 17.2 Å². The molecule has 1 rings (SSSR count). The molecule has 0 aliphatic carbocycles. The molecule has 0 saturated carbocycles. The first-order chi connectivity index (χ1) is 7.86. The van der Waals surface area contributed by atoms with Crippen molar-refractivity contribution in [2.45, 2.75) is 20.0 Å². The highest BCUT2D eigenvalue weighted by molar-refractivity contribution is 5.42. The molecule has 0 unspecified atom stereocenters. The fraction of sp³-hybridized carbons (Fsp3) is 0.583. The van der Waals surface area contributed by atoms with Crippen LogP contribution in [0.1, 0.15) is 19.0 Å². The smallest absolute Gasteiger partial charge is 0.0889 e. The summed E-state index contributed by atoms with van der Waals surface area (Å²) in [7, 11) is 1.66. The zero-order valence-corrected chi connectivity index (χ0v) is 10.0. The minimum atomic E-state index is 0.533. The maximum Gasteiger partial charge on any atom is 0.0889 e. The summed E-state index contributed by atoms with van der Waals surface area (Å²) in [5.41, 5.74) is 2.04. The van der Waals surface area contributed by atoms with Crippen LogP contribution in [0.3, 0.4) is 0 Å². The lowest BCUT2D eigenvalue weighted by Crippen LogP contribution is -2.04. The maximum absolute atomic E-state index is 5.40. The van der Waals surface area contributed by atoms with Crippen LogP contribution < -0.4 is 5.32 Å². The second-order valence-corrected chi connectivity index (χ2v) is 3.51. The molecule has 0 aromatic carbocycles. The van der Waals surface area contributed by atoms with E-state index in [1.165, 1.54) is 0 Å². The Labute approximate surface area is 97.0 Å². The molecule has 0 aliphatic rings. The summed E-state index contributed by atoms with van der Waals surface area (Å²) in [5, 5.41) is 3.32. The minimum absolute atomic E-state index is 0.533. The fourth-order valence-electron chi connectivity index (χ4n) is 1.26. The van der Waals surface area contributed by atoms with Crippen LogP contribution in [0, 0.1) is 0 Å². The summed E-state index contributed by atoms with van der Waals surface area (Å²) in [5.74, 6) is 0. The van der Waals surface area contributed by atoms with Crippen LogP contribution in [-0.2, 0) is 16.1 Å². The Balaban J connectivity index is 2.35. The molecule has 0 saturated heterocycles. The number of aromatic nitrogens is 1. The quantitative estimate of drug-likeness (QED) is 0.686. The highest BCUT2D eigenvalue weighted by Gasteiger charge is 1.97. The van der Waals surface area contributed by atoms with Crippen LogP contribution in [0.4, 0.5) is 5.69 Å². The van der Waals surface area contributed by atoms with E-state index in [0.717, 1.165) is 24.3 Å². The van der Waals surface area contributed by atoms with Crippen LogP contribution in [0.25, 0.3) is 0 Å². The lowest BCUT2D eigenvalue weighted by molar-refractivity contribution is 0.0602. The van der Waals surface area contributed by atoms with Gasteiger partial charge in [0.05, 0.1) is 25.5 Å². The molecule has 16 heavy (non-hydrogen) atoms. The molecule has 0 fully saturated rings. The second-order valence-electron chi connectivity index (χ2n) is 3.51. The predicted octanol–water partition coefficient (Wildman–Crippen LogP) is 2.07. The van der Waals surface area contributed by atoms with Crippen LogP contribution in [0.2, 0.25) is 0 Å². The van der Waals surface area contributed by atoms with Gasteiger partial charge >= 0.3 is 0 Å². The van der Waals surface area contributed by atoms with Gasteiger partial charge in [0, 0.05) is 25.5 Å². The zero-order chi connectivity index (χ0) is 11.6. The number of hydrogen-bond acceptors (Lipinski definition) is 4. The standard InChI is InChI=1S/C12H20N2O2/c1-3-5-13-11-4-6-14-12(9-11)10-16-8-7-15-2/h4,6,9H,3,5,7-8,10H2,1-2H3,(H,13,14). The summed E-state index contributed by atoms with van der Waals surface area (Å²) >= 11 is 0. The van der Waals surface area contributed by atoms with Crippen molar-refractivity contribution in [3.8, 4) is 0 Å². The van der Waals surface area contributed by atoms with Crippen molar-refractivity contribution in [1.29, 1.82) is 0 Å². The van der Waals surface area contributed by atoms with Gasteiger partial charge in [-0.3, -0.25) is 4.98 Å². The Bertz CT molecular complexity index is 292. The van der Waals surface area contributed by atoms with E-state index in [4.69, 9.17) is 9.47 Å². The number of nitrogens with zero attached hydrogens (tertiary/aromatic N) is 1. The first-order valence-electron chi connectivity index (χ1n) is 5.62. The first kappa shape index (κ1) is 12.9. The van der Waals surface area contributed by atoms with Crippen molar-refractivity contribution in [2.24, 2.45) is 0 Å². The Morgan fingerprint density at radius 3 is 3.00 bits per heavy atom. The van der Waals surface area contributed by atoms with E-state index in [0.29, 0.717) is 19.8 Å². The van der Waals surface area contributed by atoms with Gasteiger partial charge in [0.1, 0.15) is 0 Å². The predicted molar refractivity (Wildman–Crippen MR) is 64.5 cm³/mol. The molecular weight excluding hydrogens is 204 g/mol. The molecule has 0 spiro atoms. The molecule has 90 valence electrons. The van der Waals surface area contributed by atoms with Gasteiger partial charge in [-0.2, -0.15) is 0 Å². The van der Waals surface area contributed by atoms with Gasteiger partial charge < -0.3 is 14.8 Å². The van der Waals surface area contributed by atoms with Gasteiger partial charge in [-0.05, 0) is 18.6 Å². The largest absolute Gasteiger partial charge is 0.385 e. The van der Waals surface area contributed by atoms with Crippen molar-refractivity contribution >= 4 is 5.69 Å². The fourth-order valence-corrected chi connectivity index (χ4v) is 1.26. The van der Waals surface area contributed by atoms with Crippen LogP contribution in [0.5, 0.6) is 0 Å². The van der Waals surface area contributed by atoms with E-state index < -0.39 is 0 Å². The summed E-state index contributed by atoms with van der Waals surface area (Å²) in [6, 6.07) is 3.98. The van der Waals surface area contributed by atoms with Crippen molar-refractivity contribution < 1.29 is 9.47 Å². The highest BCUT2D eigenvalue weighted by atomic mass is 16.5. The molecule has 1 aromatic rings. The zero-order valence-electron chi connectivity index (χ0n) is 10.0. The molecule has 1 N–H and O–H groups in total. The second kappa shape index (κ2) is 8.07. The van der Waals surface area contributed by atoms with Crippen LogP contribution in [0.15, 0.2) is 18.3 Å². The average molecular weight is 224 g/mol. The monoisotopic (exact) mass is 224 g/mol. The van der Waals surface area contributed by atoms with E-state index in [1.807, 2.05) is 12.1 Å². The van der Waals surface area contributed by atoms with Gasteiger partial charge in [0.25, 0.3) is 0 Å². The van der Waals surface area contributed by atoms with Gasteiger partial charge in [-0.25, -0.2) is 0 Å². The van der Waals surface area contributed by atoms with E-state index in [9.17, 15) is 0 Å². The number of ether oxygens (including phenoxy) is 2. The number of pyridine rings is 1. The van der Waals surface area contributed by atoms with Crippen molar-refractivity contribution in [3.05, 3.63) is 24.0 Å². The van der Waals surface area contributed by atoms with E-state index >= 15 is 0 Å². The Hall–Kier alpha value is -1.13. The molecule has 4 nitrogen and oxygen atoms in total. The molecule has 1 heterocycles. The number of anilines is 1. The number of rotatable bonds is 8. The third-order valence-corrected chi connectivity index (χ3v) is 2.08. The average Bonchev–Trinajstić information content (AvgIpc) is 2.33. The molecule has 4 heteroatoms. The third kappa shape index (κ3) is 5.09. The summed E-state index contributed by atoms with van der Waals surface area (Å²) < 4.78 is 10.3. The summed E-state index contributed by atoms with van der Waals surface area (Å²) in [4.78, 5) is 4.24. The van der Waals surface area contributed by atoms with E-state index in [-0.39, 0.29) is 0 Å². The highest BCUT2D eigenvalue weighted by Crippen LogP contribution is 2.08. The number of nitrogens with one attached hydrogen (secondary N) is 1. The summed E-state index contributed by atoms with van der Waals surface area (Å²) in [6.45, 7) is 4.88. The van der Waals surface area contributed by atoms with Crippen molar-refractivity contribution in [1.82, 2.24) is 4.98 Å². The lowest BCUT2D eigenvalue weighted by atomic mass is 10.3. The van der Waals surface area contributed by atoms with Crippen molar-refractivity contribution in [3.63, 3.8) is 0 Å². The third-order valence-electron chi connectivity index (χ3n) is 2.08. The molecule has 0 radical (unpaired) electrons. The number of methoxy groups -OCH3 is 1. The van der Waals surface area contributed by atoms with Crippen LogP contribution >= 0.6 is 0 Å².